The Kier molecular flexibility index (Phi) is 5.25. The number of rotatable bonds is 4. The van der Waals surface area contributed by atoms with Crippen LogP contribution in [0.25, 0.3) is 0 Å². The number of carbonyl (C=O) groups excluding carboxylic acids is 2. The summed E-state index contributed by atoms with van der Waals surface area (Å²) in [7, 11) is 0. The van der Waals surface area contributed by atoms with Gasteiger partial charge in [-0.25, -0.2) is 4.39 Å². The first-order valence-corrected chi connectivity index (χ1v) is 6.95. The minimum Gasteiger partial charge on any atom is -0.273 e. The van der Waals surface area contributed by atoms with E-state index in [0.717, 1.165) is 11.1 Å². The zero-order chi connectivity index (χ0) is 15.9. The quantitative estimate of drug-likeness (QED) is 0.853. The van der Waals surface area contributed by atoms with Crippen LogP contribution in [-0.4, -0.2) is 11.8 Å². The molecule has 0 fully saturated rings. The second kappa shape index (κ2) is 7.36. The fraction of sp³-hybridized carbons (Fsp3) is 0.176. The summed E-state index contributed by atoms with van der Waals surface area (Å²) in [5.74, 6) is -1.64. The van der Waals surface area contributed by atoms with Crippen molar-refractivity contribution in [3.05, 3.63) is 71.0 Å². The summed E-state index contributed by atoms with van der Waals surface area (Å²) in [5, 5.41) is 0. The van der Waals surface area contributed by atoms with Crippen molar-refractivity contribution >= 4 is 11.8 Å². The summed E-state index contributed by atoms with van der Waals surface area (Å²) < 4.78 is 13.4. The molecule has 2 rings (SSSR count). The standard InChI is InChI=1S/C17H17FN2O2/c1-12-5-4-6-13(11-12)9-10-16(21)19-20-17(22)14-7-2-3-8-15(14)18/h2-8,11H,9-10H2,1H3,(H,19,21)(H,20,22). The highest BCUT2D eigenvalue weighted by atomic mass is 19.1. The van der Waals surface area contributed by atoms with E-state index in [-0.39, 0.29) is 17.9 Å². The third-order valence-corrected chi connectivity index (χ3v) is 3.16. The van der Waals surface area contributed by atoms with Crippen LogP contribution in [0, 0.1) is 12.7 Å². The van der Waals surface area contributed by atoms with Crippen LogP contribution in [0.15, 0.2) is 48.5 Å². The first-order chi connectivity index (χ1) is 10.6. The van der Waals surface area contributed by atoms with E-state index in [9.17, 15) is 14.0 Å². The van der Waals surface area contributed by atoms with Gasteiger partial charge in [0.2, 0.25) is 5.91 Å². The summed E-state index contributed by atoms with van der Waals surface area (Å²) in [4.78, 5) is 23.4. The van der Waals surface area contributed by atoms with E-state index >= 15 is 0 Å². The number of amides is 2. The SMILES string of the molecule is Cc1cccc(CCC(=O)NNC(=O)c2ccccc2F)c1. The van der Waals surface area contributed by atoms with E-state index in [1.54, 1.807) is 6.07 Å². The van der Waals surface area contributed by atoms with Gasteiger partial charge in [-0.15, -0.1) is 0 Å². The summed E-state index contributed by atoms with van der Waals surface area (Å²) in [5.41, 5.74) is 6.57. The number of hydrazine groups is 1. The molecule has 114 valence electrons. The van der Waals surface area contributed by atoms with E-state index in [2.05, 4.69) is 10.9 Å². The second-order valence-electron chi connectivity index (χ2n) is 4.97. The molecule has 0 bridgehead atoms. The molecule has 22 heavy (non-hydrogen) atoms. The average molecular weight is 300 g/mol. The van der Waals surface area contributed by atoms with E-state index in [0.29, 0.717) is 6.42 Å². The van der Waals surface area contributed by atoms with Gasteiger partial charge in [-0.2, -0.15) is 0 Å². The fourth-order valence-electron chi connectivity index (χ4n) is 2.03. The van der Waals surface area contributed by atoms with Gasteiger partial charge in [0.1, 0.15) is 5.82 Å². The molecule has 0 aliphatic heterocycles. The van der Waals surface area contributed by atoms with Crippen molar-refractivity contribution in [3.8, 4) is 0 Å². The number of nitrogens with one attached hydrogen (secondary N) is 2. The lowest BCUT2D eigenvalue weighted by Gasteiger charge is -2.08. The molecule has 0 atom stereocenters. The van der Waals surface area contributed by atoms with Crippen LogP contribution in [0.5, 0.6) is 0 Å². The molecule has 0 saturated heterocycles. The Morgan fingerprint density at radius 1 is 1.05 bits per heavy atom. The van der Waals surface area contributed by atoms with E-state index in [1.165, 1.54) is 18.2 Å². The van der Waals surface area contributed by atoms with Crippen LogP contribution in [0.1, 0.15) is 27.9 Å². The number of hydrogen-bond donors (Lipinski definition) is 2. The second-order valence-corrected chi connectivity index (χ2v) is 4.97. The van der Waals surface area contributed by atoms with Crippen molar-refractivity contribution in [2.75, 3.05) is 0 Å². The normalized spacial score (nSPS) is 10.1. The molecule has 0 aromatic heterocycles. The molecule has 2 amide bonds. The highest BCUT2D eigenvalue weighted by Gasteiger charge is 2.11. The number of hydrogen-bond acceptors (Lipinski definition) is 2. The first-order valence-electron chi connectivity index (χ1n) is 6.95. The Balaban J connectivity index is 1.81. The maximum Gasteiger partial charge on any atom is 0.272 e. The lowest BCUT2D eigenvalue weighted by Crippen LogP contribution is -2.42. The molecule has 2 aromatic carbocycles. The zero-order valence-electron chi connectivity index (χ0n) is 12.2. The van der Waals surface area contributed by atoms with Crippen molar-refractivity contribution in [1.82, 2.24) is 10.9 Å². The predicted molar refractivity (Wildman–Crippen MR) is 81.5 cm³/mol. The third kappa shape index (κ3) is 4.41. The minimum absolute atomic E-state index is 0.110. The van der Waals surface area contributed by atoms with Crippen LogP contribution in [-0.2, 0) is 11.2 Å². The van der Waals surface area contributed by atoms with Gasteiger partial charge in [0.15, 0.2) is 0 Å². The number of aryl methyl sites for hydroxylation is 2. The van der Waals surface area contributed by atoms with Gasteiger partial charge < -0.3 is 0 Å². The monoisotopic (exact) mass is 300 g/mol. The molecule has 0 heterocycles. The summed E-state index contributed by atoms with van der Waals surface area (Å²) in [6.45, 7) is 1.98. The third-order valence-electron chi connectivity index (χ3n) is 3.16. The molecule has 0 unspecified atom stereocenters. The van der Waals surface area contributed by atoms with Crippen LogP contribution in [0.4, 0.5) is 4.39 Å². The fourth-order valence-corrected chi connectivity index (χ4v) is 2.03. The van der Waals surface area contributed by atoms with Gasteiger partial charge in [-0.05, 0) is 31.0 Å². The first kappa shape index (κ1) is 15.7. The highest BCUT2D eigenvalue weighted by Crippen LogP contribution is 2.07. The van der Waals surface area contributed by atoms with Gasteiger partial charge in [0, 0.05) is 6.42 Å². The lowest BCUT2D eigenvalue weighted by atomic mass is 10.1. The van der Waals surface area contributed by atoms with Gasteiger partial charge in [-0.3, -0.25) is 20.4 Å². The van der Waals surface area contributed by atoms with E-state index in [4.69, 9.17) is 0 Å². The number of carbonyl (C=O) groups is 2. The number of benzene rings is 2. The van der Waals surface area contributed by atoms with Crippen molar-refractivity contribution in [2.45, 2.75) is 19.8 Å². The molecule has 0 aliphatic rings. The van der Waals surface area contributed by atoms with Crippen molar-refractivity contribution < 1.29 is 14.0 Å². The Morgan fingerprint density at radius 3 is 2.55 bits per heavy atom. The summed E-state index contributed by atoms with van der Waals surface area (Å²) in [6, 6.07) is 13.5. The van der Waals surface area contributed by atoms with Crippen molar-refractivity contribution in [3.63, 3.8) is 0 Å². The summed E-state index contributed by atoms with van der Waals surface area (Å²) in [6.07, 6.45) is 0.810. The molecular formula is C17H17FN2O2. The molecule has 0 spiro atoms. The van der Waals surface area contributed by atoms with Crippen molar-refractivity contribution in [1.29, 1.82) is 0 Å². The Morgan fingerprint density at radius 2 is 1.82 bits per heavy atom. The maximum atomic E-state index is 13.4. The molecule has 5 heteroatoms. The van der Waals surface area contributed by atoms with Crippen LogP contribution >= 0.6 is 0 Å². The predicted octanol–water partition coefficient (Wildman–Crippen LogP) is 2.53. The largest absolute Gasteiger partial charge is 0.273 e. The minimum atomic E-state index is -0.679. The molecular weight excluding hydrogens is 283 g/mol. The Hall–Kier alpha value is -2.69. The van der Waals surface area contributed by atoms with Gasteiger partial charge in [-0.1, -0.05) is 42.0 Å². The van der Waals surface area contributed by atoms with Crippen LogP contribution < -0.4 is 10.9 Å². The van der Waals surface area contributed by atoms with Gasteiger partial charge in [0.05, 0.1) is 5.56 Å². The van der Waals surface area contributed by atoms with Gasteiger partial charge >= 0.3 is 0 Å². The smallest absolute Gasteiger partial charge is 0.272 e. The van der Waals surface area contributed by atoms with Crippen LogP contribution in [0.2, 0.25) is 0 Å². The number of halogens is 1. The highest BCUT2D eigenvalue weighted by molar-refractivity contribution is 5.95. The molecule has 4 nitrogen and oxygen atoms in total. The van der Waals surface area contributed by atoms with E-state index in [1.807, 2.05) is 31.2 Å². The van der Waals surface area contributed by atoms with Crippen LogP contribution in [0.3, 0.4) is 0 Å². The zero-order valence-corrected chi connectivity index (χ0v) is 12.2. The molecule has 2 N–H and O–H groups in total. The van der Waals surface area contributed by atoms with E-state index < -0.39 is 11.7 Å². The Bertz CT molecular complexity index is 686. The summed E-state index contributed by atoms with van der Waals surface area (Å²) >= 11 is 0. The maximum absolute atomic E-state index is 13.4. The Labute approximate surface area is 128 Å². The molecule has 0 saturated carbocycles. The average Bonchev–Trinajstić information content (AvgIpc) is 2.51. The molecule has 2 aromatic rings. The lowest BCUT2D eigenvalue weighted by molar-refractivity contribution is -0.121. The molecule has 0 aliphatic carbocycles. The molecule has 0 radical (unpaired) electrons. The van der Waals surface area contributed by atoms with Crippen molar-refractivity contribution in [2.24, 2.45) is 0 Å². The topological polar surface area (TPSA) is 58.2 Å². The van der Waals surface area contributed by atoms with Gasteiger partial charge in [0.25, 0.3) is 5.91 Å².